The normalized spacial score (nSPS) is 13.3. The monoisotopic (exact) mass is 202 g/mol. The van der Waals surface area contributed by atoms with Crippen molar-refractivity contribution in [3.63, 3.8) is 0 Å². The number of hydrogen-bond acceptors (Lipinski definition) is 4. The molecule has 0 aliphatic rings. The van der Waals surface area contributed by atoms with E-state index in [1.54, 1.807) is 0 Å². The van der Waals surface area contributed by atoms with Gasteiger partial charge >= 0.3 is 0 Å². The van der Waals surface area contributed by atoms with Crippen molar-refractivity contribution in [2.24, 2.45) is 10.6 Å². The Morgan fingerprint density at radius 3 is 1.29 bits per heavy atom. The van der Waals surface area contributed by atoms with E-state index in [0.717, 1.165) is 12.8 Å². The molecule has 14 heavy (non-hydrogen) atoms. The lowest BCUT2D eigenvalue weighted by molar-refractivity contribution is -0.0909. The van der Waals surface area contributed by atoms with E-state index in [2.05, 4.69) is 10.6 Å². The predicted molar refractivity (Wildman–Crippen MR) is 55.8 cm³/mol. The van der Waals surface area contributed by atoms with Gasteiger partial charge in [0.05, 0.1) is 10.6 Å². The third kappa shape index (κ3) is 5.78. The van der Waals surface area contributed by atoms with Crippen LogP contribution in [0.3, 0.4) is 0 Å². The summed E-state index contributed by atoms with van der Waals surface area (Å²) in [4.78, 5) is 10.3. The molecule has 0 aromatic carbocycles. The Hall–Kier alpha value is -0.800. The van der Waals surface area contributed by atoms with Gasteiger partial charge in [0.25, 0.3) is 0 Å². The Bertz CT molecular complexity index is 169. The summed E-state index contributed by atoms with van der Waals surface area (Å²) in [5, 5.41) is 7.10. The predicted octanol–water partition coefficient (Wildman–Crippen LogP) is 3.68. The molecule has 0 heterocycles. The summed E-state index contributed by atoms with van der Waals surface area (Å²) >= 11 is 0. The van der Waals surface area contributed by atoms with Crippen LogP contribution < -0.4 is 0 Å². The molecule has 0 saturated heterocycles. The molecule has 0 saturated carbocycles. The van der Waals surface area contributed by atoms with Crippen molar-refractivity contribution in [2.45, 2.75) is 65.6 Å². The van der Waals surface area contributed by atoms with Crippen LogP contribution in [-0.4, -0.2) is 11.2 Å². The van der Waals surface area contributed by atoms with E-state index in [0.29, 0.717) is 0 Å². The zero-order chi connectivity index (χ0) is 11.2. The highest BCUT2D eigenvalue weighted by Crippen LogP contribution is 2.16. The van der Waals surface area contributed by atoms with Gasteiger partial charge in [-0.25, -0.2) is 0 Å². The minimum Gasteiger partial charge on any atom is -0.371 e. The number of nitrogens with zero attached hydrogens (tertiary/aromatic N) is 2. The fourth-order valence-corrected chi connectivity index (χ4v) is 0.383. The van der Waals surface area contributed by atoms with E-state index in [1.807, 2.05) is 41.5 Å². The summed E-state index contributed by atoms with van der Waals surface area (Å²) in [5.41, 5.74) is -0.549. The average molecular weight is 202 g/mol. The summed E-state index contributed by atoms with van der Waals surface area (Å²) in [6.45, 7) is 11.9. The average Bonchev–Trinajstić information content (AvgIpc) is 2.13. The fourth-order valence-electron chi connectivity index (χ4n) is 0.383. The first-order chi connectivity index (χ1) is 6.33. The van der Waals surface area contributed by atoms with E-state index < -0.39 is 0 Å². The minimum atomic E-state index is -0.275. The SMILES string of the molecule is CCC(C)(C)O/N=N/OC(C)(C)CC. The molecule has 0 unspecified atom stereocenters. The molecule has 0 rings (SSSR count). The first-order valence-electron chi connectivity index (χ1n) is 5.09. The molecular weight excluding hydrogens is 180 g/mol. The molecule has 0 aromatic heterocycles. The van der Waals surface area contributed by atoms with Crippen LogP contribution in [0.4, 0.5) is 0 Å². The van der Waals surface area contributed by atoms with Gasteiger partial charge in [-0.15, -0.1) is 0 Å². The fraction of sp³-hybridized carbons (Fsp3) is 1.00. The number of rotatable bonds is 6. The Morgan fingerprint density at radius 1 is 0.786 bits per heavy atom. The summed E-state index contributed by atoms with van der Waals surface area (Å²) in [7, 11) is 0. The second-order valence-electron chi connectivity index (χ2n) is 4.57. The second-order valence-corrected chi connectivity index (χ2v) is 4.57. The van der Waals surface area contributed by atoms with Gasteiger partial charge in [0.15, 0.2) is 0 Å². The molecule has 4 heteroatoms. The summed E-state index contributed by atoms with van der Waals surface area (Å²) in [6, 6.07) is 0. The molecule has 0 bridgehead atoms. The smallest absolute Gasteiger partial charge is 0.133 e. The molecule has 0 radical (unpaired) electrons. The molecule has 4 nitrogen and oxygen atoms in total. The molecule has 0 amide bonds. The van der Waals surface area contributed by atoms with E-state index in [4.69, 9.17) is 9.68 Å². The van der Waals surface area contributed by atoms with Crippen LogP contribution in [0.15, 0.2) is 10.6 Å². The Labute approximate surface area is 86.6 Å². The van der Waals surface area contributed by atoms with Gasteiger partial charge in [0.1, 0.15) is 11.2 Å². The molecule has 0 aromatic rings. The molecular formula is C10H22N2O2. The third-order valence-electron chi connectivity index (χ3n) is 2.31. The van der Waals surface area contributed by atoms with Gasteiger partial charge in [-0.3, -0.25) is 0 Å². The zero-order valence-corrected chi connectivity index (χ0v) is 10.1. The van der Waals surface area contributed by atoms with Gasteiger partial charge < -0.3 is 9.68 Å². The first kappa shape index (κ1) is 13.2. The standard InChI is InChI=1S/C10H22N2O2/c1-7-9(3,4)13-11-12-14-10(5,6)8-2/h7-8H2,1-6H3/b12-11+. The molecule has 0 aliphatic heterocycles. The summed E-state index contributed by atoms with van der Waals surface area (Å²) in [6.07, 6.45) is 1.76. The van der Waals surface area contributed by atoms with Crippen molar-refractivity contribution in [2.75, 3.05) is 0 Å². The minimum absolute atomic E-state index is 0.275. The molecule has 0 fully saturated rings. The van der Waals surface area contributed by atoms with Crippen molar-refractivity contribution < 1.29 is 9.68 Å². The van der Waals surface area contributed by atoms with Crippen LogP contribution in [0.5, 0.6) is 0 Å². The summed E-state index contributed by atoms with van der Waals surface area (Å²) < 4.78 is 0. The highest BCUT2D eigenvalue weighted by Gasteiger charge is 2.18. The van der Waals surface area contributed by atoms with E-state index in [-0.39, 0.29) is 11.2 Å². The Balaban J connectivity index is 3.86. The van der Waals surface area contributed by atoms with Crippen LogP contribution in [-0.2, 0) is 9.68 Å². The van der Waals surface area contributed by atoms with Gasteiger partial charge in [0, 0.05) is 0 Å². The van der Waals surface area contributed by atoms with Crippen molar-refractivity contribution >= 4 is 0 Å². The maximum Gasteiger partial charge on any atom is 0.133 e. The third-order valence-corrected chi connectivity index (χ3v) is 2.31. The molecule has 0 atom stereocenters. The van der Waals surface area contributed by atoms with Crippen LogP contribution in [0.1, 0.15) is 54.4 Å². The second kappa shape index (κ2) is 5.17. The molecule has 0 aliphatic carbocycles. The van der Waals surface area contributed by atoms with Crippen LogP contribution in [0, 0.1) is 0 Å². The maximum absolute atomic E-state index is 5.15. The maximum atomic E-state index is 5.15. The van der Waals surface area contributed by atoms with Crippen molar-refractivity contribution in [1.82, 2.24) is 0 Å². The first-order valence-corrected chi connectivity index (χ1v) is 5.09. The Morgan fingerprint density at radius 2 is 1.07 bits per heavy atom. The lowest BCUT2D eigenvalue weighted by Crippen LogP contribution is -2.21. The zero-order valence-electron chi connectivity index (χ0n) is 10.1. The van der Waals surface area contributed by atoms with Crippen LogP contribution in [0.2, 0.25) is 0 Å². The molecule has 0 spiro atoms. The van der Waals surface area contributed by atoms with Gasteiger partial charge in [-0.05, 0) is 40.5 Å². The van der Waals surface area contributed by atoms with Gasteiger partial charge in [-0.1, -0.05) is 13.8 Å². The highest BCUT2D eigenvalue weighted by atomic mass is 16.7. The largest absolute Gasteiger partial charge is 0.371 e. The van der Waals surface area contributed by atoms with Crippen molar-refractivity contribution in [3.05, 3.63) is 0 Å². The van der Waals surface area contributed by atoms with E-state index in [1.165, 1.54) is 0 Å². The highest BCUT2D eigenvalue weighted by molar-refractivity contribution is 4.63. The van der Waals surface area contributed by atoms with E-state index >= 15 is 0 Å². The lowest BCUT2D eigenvalue weighted by Gasteiger charge is -2.20. The van der Waals surface area contributed by atoms with Gasteiger partial charge in [-0.2, -0.15) is 0 Å². The van der Waals surface area contributed by atoms with Crippen LogP contribution >= 0.6 is 0 Å². The summed E-state index contributed by atoms with van der Waals surface area (Å²) in [5.74, 6) is 0. The molecule has 0 N–H and O–H groups in total. The molecule has 84 valence electrons. The van der Waals surface area contributed by atoms with Crippen molar-refractivity contribution in [1.29, 1.82) is 0 Å². The van der Waals surface area contributed by atoms with E-state index in [9.17, 15) is 0 Å². The van der Waals surface area contributed by atoms with Crippen LogP contribution in [0.25, 0.3) is 0 Å². The Kier molecular flexibility index (Phi) is 4.88. The van der Waals surface area contributed by atoms with Crippen molar-refractivity contribution in [3.8, 4) is 0 Å². The topological polar surface area (TPSA) is 43.2 Å². The lowest BCUT2D eigenvalue weighted by atomic mass is 10.1. The number of hydrogen-bond donors (Lipinski definition) is 0. The quantitative estimate of drug-likeness (QED) is 0.487. The van der Waals surface area contributed by atoms with Gasteiger partial charge in [0.2, 0.25) is 0 Å².